The monoisotopic (exact) mass is 466 g/mol. The molecule has 0 radical (unpaired) electrons. The number of sulfonamides is 1. The third-order valence-electron chi connectivity index (χ3n) is 4.18. The van der Waals surface area contributed by atoms with Crippen molar-refractivity contribution < 1.29 is 17.6 Å². The maximum Gasteiger partial charge on any atom is 0.255 e. The van der Waals surface area contributed by atoms with Gasteiger partial charge < -0.3 is 5.32 Å². The molecule has 0 heterocycles. The van der Waals surface area contributed by atoms with Gasteiger partial charge in [-0.25, -0.2) is 12.8 Å². The molecule has 0 atom stereocenters. The van der Waals surface area contributed by atoms with Crippen molar-refractivity contribution in [1.82, 2.24) is 0 Å². The quantitative estimate of drug-likeness (QED) is 0.532. The Balaban J connectivity index is 1.80. The molecule has 0 aliphatic heterocycles. The van der Waals surface area contributed by atoms with Crippen LogP contribution in [0.15, 0.2) is 66.7 Å². The number of anilines is 2. The van der Waals surface area contributed by atoms with E-state index in [4.69, 9.17) is 23.2 Å². The van der Waals surface area contributed by atoms with Crippen LogP contribution in [0.4, 0.5) is 15.8 Å². The summed E-state index contributed by atoms with van der Waals surface area (Å²) in [6, 6.07) is 16.3. The molecule has 1 amide bonds. The molecule has 3 aromatic rings. The zero-order chi connectivity index (χ0) is 21.9. The Hall–Kier alpha value is -2.61. The van der Waals surface area contributed by atoms with Crippen molar-refractivity contribution in [1.29, 1.82) is 0 Å². The number of rotatable bonds is 6. The third-order valence-corrected chi connectivity index (χ3v) is 5.75. The first-order chi connectivity index (χ1) is 14.1. The Bertz CT molecular complexity index is 1150. The van der Waals surface area contributed by atoms with Gasteiger partial charge in [-0.3, -0.25) is 9.10 Å². The van der Waals surface area contributed by atoms with Crippen LogP contribution in [0.1, 0.15) is 15.9 Å². The fourth-order valence-corrected chi connectivity index (χ4v) is 4.18. The van der Waals surface area contributed by atoms with E-state index in [9.17, 15) is 17.6 Å². The number of amides is 1. The van der Waals surface area contributed by atoms with Gasteiger partial charge in [-0.05, 0) is 60.2 Å². The summed E-state index contributed by atoms with van der Waals surface area (Å²) in [5, 5.41) is 3.46. The molecule has 5 nitrogen and oxygen atoms in total. The third kappa shape index (κ3) is 5.72. The molecule has 0 saturated heterocycles. The molecule has 30 heavy (non-hydrogen) atoms. The van der Waals surface area contributed by atoms with E-state index in [0.29, 0.717) is 32.5 Å². The topological polar surface area (TPSA) is 66.5 Å². The molecule has 9 heteroatoms. The van der Waals surface area contributed by atoms with Crippen molar-refractivity contribution >= 4 is 50.5 Å². The van der Waals surface area contributed by atoms with Crippen LogP contribution in [0.25, 0.3) is 0 Å². The second kappa shape index (κ2) is 9.04. The molecule has 156 valence electrons. The van der Waals surface area contributed by atoms with Gasteiger partial charge in [0.05, 0.1) is 18.5 Å². The summed E-state index contributed by atoms with van der Waals surface area (Å²) in [5.41, 5.74) is 1.77. The molecule has 3 aromatic carbocycles. The van der Waals surface area contributed by atoms with Gasteiger partial charge in [-0.1, -0.05) is 35.3 Å². The van der Waals surface area contributed by atoms with E-state index in [0.717, 1.165) is 6.26 Å². The first kappa shape index (κ1) is 22.1. The Kier molecular flexibility index (Phi) is 6.65. The second-order valence-electron chi connectivity index (χ2n) is 6.56. The number of hydrogen-bond donors (Lipinski definition) is 1. The Morgan fingerprint density at radius 1 is 0.967 bits per heavy atom. The van der Waals surface area contributed by atoms with Crippen LogP contribution in [0.3, 0.4) is 0 Å². The molecule has 0 spiro atoms. The van der Waals surface area contributed by atoms with E-state index < -0.39 is 21.7 Å². The highest BCUT2D eigenvalue weighted by molar-refractivity contribution is 7.92. The number of benzene rings is 3. The van der Waals surface area contributed by atoms with Crippen LogP contribution in [-0.4, -0.2) is 20.6 Å². The van der Waals surface area contributed by atoms with Crippen molar-refractivity contribution in [2.45, 2.75) is 6.54 Å². The lowest BCUT2D eigenvalue weighted by Crippen LogP contribution is -2.29. The van der Waals surface area contributed by atoms with E-state index in [1.165, 1.54) is 52.8 Å². The van der Waals surface area contributed by atoms with Gasteiger partial charge in [0, 0.05) is 21.3 Å². The Morgan fingerprint density at radius 3 is 2.07 bits per heavy atom. The van der Waals surface area contributed by atoms with Crippen LogP contribution < -0.4 is 9.62 Å². The molecule has 0 aromatic heterocycles. The minimum atomic E-state index is -3.61. The zero-order valence-corrected chi connectivity index (χ0v) is 18.1. The van der Waals surface area contributed by atoms with Crippen LogP contribution in [-0.2, 0) is 16.6 Å². The SMILES string of the molecule is CS(=O)(=O)N(Cc1ccc(F)cc1)c1ccc(C(=O)Nc2cc(Cl)cc(Cl)c2)cc1. The largest absolute Gasteiger partial charge is 0.322 e. The fourth-order valence-electron chi connectivity index (χ4n) is 2.76. The highest BCUT2D eigenvalue weighted by Crippen LogP contribution is 2.24. The second-order valence-corrected chi connectivity index (χ2v) is 9.33. The Morgan fingerprint density at radius 2 is 1.53 bits per heavy atom. The number of nitrogens with zero attached hydrogens (tertiary/aromatic N) is 1. The molecule has 0 aliphatic carbocycles. The molecular weight excluding hydrogens is 450 g/mol. The molecule has 1 N–H and O–H groups in total. The lowest BCUT2D eigenvalue weighted by Gasteiger charge is -2.22. The maximum atomic E-state index is 13.1. The average Bonchev–Trinajstić information content (AvgIpc) is 2.66. The van der Waals surface area contributed by atoms with Crippen LogP contribution in [0, 0.1) is 5.82 Å². The molecule has 0 fully saturated rings. The number of hydrogen-bond acceptors (Lipinski definition) is 3. The van der Waals surface area contributed by atoms with E-state index in [-0.39, 0.29) is 6.54 Å². The van der Waals surface area contributed by atoms with Gasteiger partial charge >= 0.3 is 0 Å². The molecule has 3 rings (SSSR count). The van der Waals surface area contributed by atoms with E-state index >= 15 is 0 Å². The number of carbonyl (C=O) groups is 1. The maximum absolute atomic E-state index is 13.1. The van der Waals surface area contributed by atoms with Gasteiger partial charge in [0.2, 0.25) is 10.0 Å². The first-order valence-corrected chi connectivity index (χ1v) is 11.3. The minimum Gasteiger partial charge on any atom is -0.322 e. The van der Waals surface area contributed by atoms with Crippen LogP contribution in [0.5, 0.6) is 0 Å². The van der Waals surface area contributed by atoms with Gasteiger partial charge in [0.25, 0.3) is 5.91 Å². The normalized spacial score (nSPS) is 11.2. The fraction of sp³-hybridized carbons (Fsp3) is 0.0952. The highest BCUT2D eigenvalue weighted by atomic mass is 35.5. The van der Waals surface area contributed by atoms with Gasteiger partial charge in [0.15, 0.2) is 0 Å². The standard InChI is InChI=1S/C21H17Cl2FN2O3S/c1-30(28,29)26(13-14-2-6-18(24)7-3-14)20-8-4-15(5-9-20)21(27)25-19-11-16(22)10-17(23)12-19/h2-12H,13H2,1H3,(H,25,27). The van der Waals surface area contributed by atoms with Crippen molar-refractivity contribution in [2.75, 3.05) is 15.9 Å². The molecule has 0 unspecified atom stereocenters. The summed E-state index contributed by atoms with van der Waals surface area (Å²) in [4.78, 5) is 12.5. The van der Waals surface area contributed by atoms with E-state index in [1.54, 1.807) is 18.2 Å². The lowest BCUT2D eigenvalue weighted by molar-refractivity contribution is 0.102. The summed E-state index contributed by atoms with van der Waals surface area (Å²) in [6.07, 6.45) is 1.08. The molecule has 0 aliphatic rings. The Labute approximate surface area is 184 Å². The van der Waals surface area contributed by atoms with Gasteiger partial charge in [-0.2, -0.15) is 0 Å². The van der Waals surface area contributed by atoms with Crippen molar-refractivity contribution in [3.8, 4) is 0 Å². The number of carbonyl (C=O) groups excluding carboxylic acids is 1. The van der Waals surface area contributed by atoms with Crippen LogP contribution >= 0.6 is 23.2 Å². The van der Waals surface area contributed by atoms with Gasteiger partial charge in [-0.15, -0.1) is 0 Å². The lowest BCUT2D eigenvalue weighted by atomic mass is 10.1. The summed E-state index contributed by atoms with van der Waals surface area (Å²) in [7, 11) is -3.61. The predicted molar refractivity (Wildman–Crippen MR) is 118 cm³/mol. The summed E-state index contributed by atoms with van der Waals surface area (Å²) < 4.78 is 38.8. The summed E-state index contributed by atoms with van der Waals surface area (Å²) in [5.74, 6) is -0.801. The number of nitrogens with one attached hydrogen (secondary N) is 1. The van der Waals surface area contributed by atoms with Gasteiger partial charge in [0.1, 0.15) is 5.82 Å². The number of halogens is 3. The molecule has 0 bridgehead atoms. The highest BCUT2D eigenvalue weighted by Gasteiger charge is 2.18. The average molecular weight is 467 g/mol. The zero-order valence-electron chi connectivity index (χ0n) is 15.8. The first-order valence-electron chi connectivity index (χ1n) is 8.71. The predicted octanol–water partition coefficient (Wildman–Crippen LogP) is 5.35. The minimum absolute atomic E-state index is 0.0334. The summed E-state index contributed by atoms with van der Waals surface area (Å²) >= 11 is 11.9. The smallest absolute Gasteiger partial charge is 0.255 e. The van der Waals surface area contributed by atoms with E-state index in [2.05, 4.69) is 5.32 Å². The summed E-state index contributed by atoms with van der Waals surface area (Å²) in [6.45, 7) is 0.0334. The molecular formula is C21H17Cl2FN2O3S. The van der Waals surface area contributed by atoms with Crippen LogP contribution in [0.2, 0.25) is 10.0 Å². The van der Waals surface area contributed by atoms with E-state index in [1.807, 2.05) is 0 Å². The van der Waals surface area contributed by atoms with Crippen molar-refractivity contribution in [3.05, 3.63) is 93.7 Å². The molecule has 0 saturated carbocycles. The van der Waals surface area contributed by atoms with Crippen molar-refractivity contribution in [2.24, 2.45) is 0 Å². The van der Waals surface area contributed by atoms with Crippen molar-refractivity contribution in [3.63, 3.8) is 0 Å².